The second kappa shape index (κ2) is 4.80. The Labute approximate surface area is 104 Å². The first kappa shape index (κ1) is 11.4. The average molecular weight is 259 g/mol. The third-order valence-electron chi connectivity index (χ3n) is 2.24. The first-order chi connectivity index (χ1) is 7.70. The lowest BCUT2D eigenvalue weighted by atomic mass is 10.3. The number of hydrogen-bond acceptors (Lipinski definition) is 2. The fraction of sp³-hybridized carbons (Fsp3) is 0.300. The molecule has 0 radical (unpaired) electrons. The molecule has 1 aliphatic rings. The Bertz CT molecular complexity index is 400. The summed E-state index contributed by atoms with van der Waals surface area (Å²) in [5, 5.41) is 10.2. The molecular weight excluding hydrogens is 247 g/mol. The molecule has 2 rings (SSSR count). The zero-order valence-electron chi connectivity index (χ0n) is 8.77. The molecule has 0 amide bonds. The maximum atomic E-state index is 6.10. The minimum absolute atomic E-state index is 0.528. The lowest BCUT2D eigenvalue weighted by Gasteiger charge is -2.07. The fourth-order valence-electron chi connectivity index (χ4n) is 1.43. The van der Waals surface area contributed by atoms with Crippen molar-refractivity contribution in [2.45, 2.75) is 0 Å². The van der Waals surface area contributed by atoms with Gasteiger partial charge < -0.3 is 16.0 Å². The van der Waals surface area contributed by atoms with E-state index in [1.54, 1.807) is 12.1 Å². The molecule has 1 saturated heterocycles. The lowest BCUT2D eigenvalue weighted by molar-refractivity contribution is 0.942. The highest BCUT2D eigenvalue weighted by molar-refractivity contribution is 6.39. The number of guanidine groups is 1. The molecule has 4 nitrogen and oxygen atoms in total. The zero-order valence-corrected chi connectivity index (χ0v) is 10.3. The molecule has 0 bridgehead atoms. The number of anilines is 1. The van der Waals surface area contributed by atoms with E-state index in [1.165, 1.54) is 0 Å². The predicted molar refractivity (Wildman–Crippen MR) is 69.1 cm³/mol. The fourth-order valence-corrected chi connectivity index (χ4v) is 2.00. The van der Waals surface area contributed by atoms with Crippen molar-refractivity contribution in [2.24, 2.45) is 4.99 Å². The number of halogens is 2. The number of rotatable bonds is 2. The average Bonchev–Trinajstić information content (AvgIpc) is 2.75. The van der Waals surface area contributed by atoms with Crippen LogP contribution < -0.4 is 16.0 Å². The second-order valence-electron chi connectivity index (χ2n) is 3.35. The van der Waals surface area contributed by atoms with Crippen LogP contribution in [0.4, 0.5) is 11.4 Å². The van der Waals surface area contributed by atoms with Gasteiger partial charge >= 0.3 is 0 Å². The zero-order chi connectivity index (χ0) is 11.5. The lowest BCUT2D eigenvalue weighted by Crippen LogP contribution is -2.23. The highest BCUT2D eigenvalue weighted by atomic mass is 35.5. The first-order valence-corrected chi connectivity index (χ1v) is 5.69. The van der Waals surface area contributed by atoms with E-state index in [9.17, 15) is 0 Å². The maximum absolute atomic E-state index is 6.10. The van der Waals surface area contributed by atoms with Crippen LogP contribution in [0.2, 0.25) is 10.0 Å². The Kier molecular flexibility index (Phi) is 3.41. The Morgan fingerprint density at radius 2 is 1.75 bits per heavy atom. The summed E-state index contributed by atoms with van der Waals surface area (Å²) in [6.07, 6.45) is 0. The molecule has 1 aromatic rings. The van der Waals surface area contributed by atoms with E-state index in [1.807, 2.05) is 7.05 Å². The van der Waals surface area contributed by atoms with E-state index in [2.05, 4.69) is 20.9 Å². The van der Waals surface area contributed by atoms with E-state index in [0.717, 1.165) is 18.8 Å². The highest BCUT2D eigenvalue weighted by Gasteiger charge is 2.10. The second-order valence-corrected chi connectivity index (χ2v) is 4.17. The van der Waals surface area contributed by atoms with Crippen LogP contribution in [0.25, 0.3) is 0 Å². The summed E-state index contributed by atoms with van der Waals surface area (Å²) in [4.78, 5) is 4.34. The Hall–Kier alpha value is -1.13. The molecule has 0 atom stereocenters. The van der Waals surface area contributed by atoms with Crippen molar-refractivity contribution >= 4 is 40.5 Å². The van der Waals surface area contributed by atoms with Crippen LogP contribution in [0.5, 0.6) is 0 Å². The number of aliphatic imine (C=N–C) groups is 1. The molecule has 0 spiro atoms. The maximum Gasteiger partial charge on any atom is 0.196 e. The summed E-state index contributed by atoms with van der Waals surface area (Å²) in [5.74, 6) is 0.709. The number of nitrogens with one attached hydrogen (secondary N) is 3. The SMILES string of the molecule is CNc1cc(Cl)c(N=C2NCCN2)c(Cl)c1. The van der Waals surface area contributed by atoms with Crippen LogP contribution in [-0.4, -0.2) is 26.1 Å². The number of hydrogen-bond donors (Lipinski definition) is 3. The molecule has 0 saturated carbocycles. The monoisotopic (exact) mass is 258 g/mol. The normalized spacial score (nSPS) is 14.3. The molecule has 3 N–H and O–H groups in total. The molecule has 1 fully saturated rings. The number of benzene rings is 1. The van der Waals surface area contributed by atoms with E-state index in [-0.39, 0.29) is 0 Å². The van der Waals surface area contributed by atoms with Crippen molar-refractivity contribution in [2.75, 3.05) is 25.5 Å². The van der Waals surface area contributed by atoms with Crippen LogP contribution in [-0.2, 0) is 0 Å². The van der Waals surface area contributed by atoms with Gasteiger partial charge in [-0.25, -0.2) is 4.99 Å². The van der Waals surface area contributed by atoms with E-state index >= 15 is 0 Å². The summed E-state index contributed by atoms with van der Waals surface area (Å²) < 4.78 is 0. The third kappa shape index (κ3) is 2.33. The molecule has 0 unspecified atom stereocenters. The van der Waals surface area contributed by atoms with Crippen LogP contribution in [0.3, 0.4) is 0 Å². The van der Waals surface area contributed by atoms with Gasteiger partial charge in [0, 0.05) is 25.8 Å². The quantitative estimate of drug-likeness (QED) is 0.763. The molecule has 86 valence electrons. The van der Waals surface area contributed by atoms with Gasteiger partial charge in [0.25, 0.3) is 0 Å². The Morgan fingerprint density at radius 1 is 1.19 bits per heavy atom. The van der Waals surface area contributed by atoms with Crippen molar-refractivity contribution in [3.05, 3.63) is 22.2 Å². The Balaban J connectivity index is 2.37. The van der Waals surface area contributed by atoms with E-state index in [4.69, 9.17) is 23.2 Å². The minimum Gasteiger partial charge on any atom is -0.388 e. The summed E-state index contributed by atoms with van der Waals surface area (Å²) >= 11 is 12.2. The standard InChI is InChI=1S/C10H12Cl2N4/c1-13-6-4-7(11)9(8(12)5-6)16-10-14-2-3-15-10/h4-5,13H,2-3H2,1H3,(H2,14,15,16). The molecular formula is C10H12Cl2N4. The van der Waals surface area contributed by atoms with Gasteiger partial charge in [0.2, 0.25) is 0 Å². The van der Waals surface area contributed by atoms with Crippen LogP contribution in [0, 0.1) is 0 Å². The van der Waals surface area contributed by atoms with Crippen molar-refractivity contribution in [3.8, 4) is 0 Å². The third-order valence-corrected chi connectivity index (χ3v) is 2.82. The Morgan fingerprint density at radius 3 is 2.25 bits per heavy atom. The van der Waals surface area contributed by atoms with Gasteiger partial charge in [0.05, 0.1) is 10.0 Å². The predicted octanol–water partition coefficient (Wildman–Crippen LogP) is 2.22. The van der Waals surface area contributed by atoms with Gasteiger partial charge in [-0.2, -0.15) is 0 Å². The summed E-state index contributed by atoms with van der Waals surface area (Å²) in [6, 6.07) is 3.59. The van der Waals surface area contributed by atoms with Crippen LogP contribution in [0.15, 0.2) is 17.1 Å². The van der Waals surface area contributed by atoms with Gasteiger partial charge in [-0.3, -0.25) is 0 Å². The summed E-state index contributed by atoms with van der Waals surface area (Å²) in [5.41, 5.74) is 1.45. The van der Waals surface area contributed by atoms with Crippen LogP contribution in [0.1, 0.15) is 0 Å². The summed E-state index contributed by atoms with van der Waals surface area (Å²) in [6.45, 7) is 1.73. The topological polar surface area (TPSA) is 48.5 Å². The van der Waals surface area contributed by atoms with Crippen molar-refractivity contribution in [1.82, 2.24) is 10.6 Å². The van der Waals surface area contributed by atoms with Gasteiger partial charge in [-0.1, -0.05) is 23.2 Å². The molecule has 0 aromatic heterocycles. The molecule has 1 heterocycles. The molecule has 6 heteroatoms. The number of nitrogens with zero attached hydrogens (tertiary/aromatic N) is 1. The molecule has 1 aliphatic heterocycles. The van der Waals surface area contributed by atoms with E-state index < -0.39 is 0 Å². The van der Waals surface area contributed by atoms with Crippen LogP contribution >= 0.6 is 23.2 Å². The molecule has 0 aliphatic carbocycles. The minimum atomic E-state index is 0.528. The first-order valence-electron chi connectivity index (χ1n) is 4.94. The van der Waals surface area contributed by atoms with E-state index in [0.29, 0.717) is 21.7 Å². The smallest absolute Gasteiger partial charge is 0.196 e. The highest BCUT2D eigenvalue weighted by Crippen LogP contribution is 2.36. The van der Waals surface area contributed by atoms with Crippen molar-refractivity contribution < 1.29 is 0 Å². The molecule has 16 heavy (non-hydrogen) atoms. The molecule has 1 aromatic carbocycles. The largest absolute Gasteiger partial charge is 0.388 e. The van der Waals surface area contributed by atoms with Crippen molar-refractivity contribution in [3.63, 3.8) is 0 Å². The summed E-state index contributed by atoms with van der Waals surface area (Å²) in [7, 11) is 1.81. The van der Waals surface area contributed by atoms with Crippen molar-refractivity contribution in [1.29, 1.82) is 0 Å². The van der Waals surface area contributed by atoms with Gasteiger partial charge in [-0.15, -0.1) is 0 Å². The van der Waals surface area contributed by atoms with Gasteiger partial charge in [0.15, 0.2) is 5.96 Å². The van der Waals surface area contributed by atoms with Gasteiger partial charge in [-0.05, 0) is 12.1 Å². The van der Waals surface area contributed by atoms with Gasteiger partial charge in [0.1, 0.15) is 5.69 Å².